The highest BCUT2D eigenvalue weighted by atomic mass is 16.5. The van der Waals surface area contributed by atoms with Crippen molar-refractivity contribution >= 4 is 28.6 Å². The van der Waals surface area contributed by atoms with Gasteiger partial charge in [-0.3, -0.25) is 24.0 Å². The third-order valence-corrected chi connectivity index (χ3v) is 6.96. The Morgan fingerprint density at radius 3 is 2.44 bits per heavy atom. The molecule has 3 aromatic heterocycles. The number of fused-ring (bicyclic) bond motifs is 1. The first-order valence-corrected chi connectivity index (χ1v) is 14.2. The number of nitrogens with zero attached hydrogens (tertiary/aromatic N) is 4. The van der Waals surface area contributed by atoms with Crippen LogP contribution in [0.1, 0.15) is 50.2 Å². The number of aromatic nitrogens is 4. The monoisotopic (exact) mass is 611 g/mol. The van der Waals surface area contributed by atoms with E-state index in [4.69, 9.17) is 14.2 Å². The van der Waals surface area contributed by atoms with E-state index in [1.54, 1.807) is 74.3 Å². The molecular weight excluding hydrogens is 574 g/mol. The van der Waals surface area contributed by atoms with Crippen LogP contribution >= 0.6 is 0 Å². The van der Waals surface area contributed by atoms with Crippen molar-refractivity contribution in [2.75, 3.05) is 12.4 Å². The quantitative estimate of drug-likeness (QED) is 0.172. The minimum absolute atomic E-state index is 0. The van der Waals surface area contributed by atoms with E-state index in [1.165, 1.54) is 10.9 Å². The predicted octanol–water partition coefficient (Wildman–Crippen LogP) is 6.31. The molecule has 0 bridgehead atoms. The molecule has 0 spiro atoms. The third-order valence-electron chi connectivity index (χ3n) is 6.96. The molecule has 11 heteroatoms. The van der Waals surface area contributed by atoms with Gasteiger partial charge in [0.05, 0.1) is 36.7 Å². The topological polar surface area (TPSA) is 127 Å². The number of benzene rings is 2. The number of amides is 1. The summed E-state index contributed by atoms with van der Waals surface area (Å²) in [7, 11) is 1.59. The number of methoxy groups -OCH3 is 1. The average Bonchev–Trinajstić information content (AvgIpc) is 3.26. The van der Waals surface area contributed by atoms with Gasteiger partial charge >= 0.3 is 5.97 Å². The Bertz CT molecular complexity index is 1850. The second-order valence-corrected chi connectivity index (χ2v) is 10.2. The Labute approximate surface area is 261 Å². The molecule has 0 fully saturated rings. The Hall–Kier alpha value is -5.45. The second-order valence-electron chi connectivity index (χ2n) is 10.2. The zero-order valence-corrected chi connectivity index (χ0v) is 24.9. The largest absolute Gasteiger partial charge is 0.497 e. The van der Waals surface area contributed by atoms with Gasteiger partial charge in [0.2, 0.25) is 0 Å². The highest BCUT2D eigenvalue weighted by Crippen LogP contribution is 2.30. The number of hydrogen-bond donors (Lipinski definition) is 1. The van der Waals surface area contributed by atoms with Gasteiger partial charge in [-0.1, -0.05) is 32.5 Å². The van der Waals surface area contributed by atoms with E-state index in [0.29, 0.717) is 41.5 Å². The molecule has 0 saturated heterocycles. The number of esters is 1. The van der Waals surface area contributed by atoms with Crippen LogP contribution in [0.3, 0.4) is 0 Å². The summed E-state index contributed by atoms with van der Waals surface area (Å²) in [6.07, 6.45) is 3.58. The zero-order chi connectivity index (χ0) is 31.2. The summed E-state index contributed by atoms with van der Waals surface area (Å²) < 4.78 is 19.9. The third kappa shape index (κ3) is 7.20. The maximum Gasteiger partial charge on any atom is 0.306 e. The highest BCUT2D eigenvalue weighted by molar-refractivity contribution is 6.04. The van der Waals surface area contributed by atoms with Crippen molar-refractivity contribution in [2.45, 2.75) is 53.7 Å². The lowest BCUT2D eigenvalue weighted by molar-refractivity contribution is -0.149. The van der Waals surface area contributed by atoms with Crippen LogP contribution in [-0.2, 0) is 16.1 Å². The van der Waals surface area contributed by atoms with Gasteiger partial charge in [-0.15, -0.1) is 0 Å². The fourth-order valence-corrected chi connectivity index (χ4v) is 4.86. The molecule has 234 valence electrons. The van der Waals surface area contributed by atoms with Gasteiger partial charge in [0.1, 0.15) is 34.7 Å². The van der Waals surface area contributed by atoms with E-state index >= 15 is 0 Å². The molecule has 0 aliphatic carbocycles. The lowest BCUT2D eigenvalue weighted by Crippen LogP contribution is -2.29. The summed E-state index contributed by atoms with van der Waals surface area (Å²) in [4.78, 5) is 47.9. The van der Waals surface area contributed by atoms with Crippen molar-refractivity contribution in [1.82, 2.24) is 19.3 Å². The molecule has 0 unspecified atom stereocenters. The van der Waals surface area contributed by atoms with Crippen LogP contribution in [0.5, 0.6) is 17.2 Å². The molecule has 1 atom stereocenters. The molecule has 0 radical (unpaired) electrons. The van der Waals surface area contributed by atoms with Gasteiger partial charge in [-0.05, 0) is 62.7 Å². The Kier molecular flexibility index (Phi) is 10.4. The number of hydrogen-bond acceptors (Lipinski definition) is 8. The maximum absolute atomic E-state index is 13.7. The van der Waals surface area contributed by atoms with Crippen molar-refractivity contribution in [3.63, 3.8) is 0 Å². The number of anilines is 1. The molecule has 1 amide bonds. The van der Waals surface area contributed by atoms with Crippen molar-refractivity contribution in [2.24, 2.45) is 0 Å². The number of ether oxygens (including phenoxy) is 3. The zero-order valence-electron chi connectivity index (χ0n) is 24.9. The second kappa shape index (κ2) is 14.3. The van der Waals surface area contributed by atoms with Crippen LogP contribution in [0.25, 0.3) is 16.6 Å². The van der Waals surface area contributed by atoms with Gasteiger partial charge in [0, 0.05) is 24.1 Å². The van der Waals surface area contributed by atoms with E-state index in [1.807, 2.05) is 31.2 Å². The highest BCUT2D eigenvalue weighted by Gasteiger charge is 2.25. The molecule has 0 aliphatic heterocycles. The molecule has 5 rings (SSSR count). The van der Waals surface area contributed by atoms with Crippen molar-refractivity contribution in [1.29, 1.82) is 0 Å². The molecule has 45 heavy (non-hydrogen) atoms. The maximum atomic E-state index is 13.7. The fraction of sp³-hybridized carbons (Fsp3) is 0.265. The first-order valence-electron chi connectivity index (χ1n) is 14.2. The lowest BCUT2D eigenvalue weighted by Gasteiger charge is -2.18. The molecular formula is C34H37N5O6. The van der Waals surface area contributed by atoms with E-state index in [0.717, 1.165) is 10.9 Å². The number of nitrogens with one attached hydrogen (secondary N) is 1. The number of carbonyl (C=O) groups is 2. The van der Waals surface area contributed by atoms with Crippen LogP contribution < -0.4 is 20.3 Å². The molecule has 0 saturated carbocycles. The molecule has 0 aliphatic rings. The van der Waals surface area contributed by atoms with E-state index in [-0.39, 0.29) is 31.3 Å². The molecule has 11 nitrogen and oxygen atoms in total. The normalized spacial score (nSPS) is 11.4. The average molecular weight is 612 g/mol. The molecule has 5 aromatic rings. The van der Waals surface area contributed by atoms with Crippen LogP contribution in [0, 0.1) is 6.92 Å². The van der Waals surface area contributed by atoms with Crippen molar-refractivity contribution < 1.29 is 23.8 Å². The molecule has 3 heterocycles. The summed E-state index contributed by atoms with van der Waals surface area (Å²) in [5, 5.41) is 3.53. The van der Waals surface area contributed by atoms with Crippen LogP contribution in [0.4, 0.5) is 5.82 Å². The Balaban J connectivity index is 0.00000461. The van der Waals surface area contributed by atoms with Crippen LogP contribution in [-0.4, -0.2) is 44.4 Å². The number of pyridine rings is 2. The summed E-state index contributed by atoms with van der Waals surface area (Å²) in [6, 6.07) is 19.5. The first-order chi connectivity index (χ1) is 21.3. The Morgan fingerprint density at radius 1 is 1.00 bits per heavy atom. The van der Waals surface area contributed by atoms with Gasteiger partial charge in [-0.2, -0.15) is 0 Å². The van der Waals surface area contributed by atoms with E-state index in [9.17, 15) is 14.4 Å². The van der Waals surface area contributed by atoms with E-state index < -0.39 is 17.6 Å². The Morgan fingerprint density at radius 2 is 1.76 bits per heavy atom. The fourth-order valence-electron chi connectivity index (χ4n) is 4.86. The first kappa shape index (κ1) is 32.5. The number of para-hydroxylation sites is 1. The summed E-state index contributed by atoms with van der Waals surface area (Å²) in [5.74, 6) is 1.05. The van der Waals surface area contributed by atoms with Gasteiger partial charge < -0.3 is 19.5 Å². The smallest absolute Gasteiger partial charge is 0.306 e. The summed E-state index contributed by atoms with van der Waals surface area (Å²) in [5.41, 5.74) is 1.18. The van der Waals surface area contributed by atoms with Crippen LogP contribution in [0.15, 0.2) is 83.9 Å². The predicted molar refractivity (Wildman–Crippen MR) is 173 cm³/mol. The van der Waals surface area contributed by atoms with Gasteiger partial charge in [0.15, 0.2) is 0 Å². The van der Waals surface area contributed by atoms with E-state index in [2.05, 4.69) is 15.3 Å². The standard InChI is InChI=1S/C33H33N5O6.CH4/c1-5-9-30(39)43-21(2)20-37-22(3)31(33(41)38(37)23-10-7-6-8-11-23)32(40)36-29-15-13-25(19-35-29)44-28-16-17-34-27-18-24(42-4)12-14-26(27)28;/h6-8,10-19,21H,5,9,20H2,1-4H3,(H,35,36,40);1H4/t21-;/m1./s1. The summed E-state index contributed by atoms with van der Waals surface area (Å²) in [6.45, 7) is 5.52. The van der Waals surface area contributed by atoms with Crippen molar-refractivity contribution in [3.8, 4) is 22.9 Å². The number of rotatable bonds is 11. The van der Waals surface area contributed by atoms with Gasteiger partial charge in [0.25, 0.3) is 11.5 Å². The minimum Gasteiger partial charge on any atom is -0.497 e. The molecule has 2 aromatic carbocycles. The lowest BCUT2D eigenvalue weighted by atomic mass is 10.2. The summed E-state index contributed by atoms with van der Waals surface area (Å²) >= 11 is 0. The van der Waals surface area contributed by atoms with Crippen LogP contribution in [0.2, 0.25) is 0 Å². The van der Waals surface area contributed by atoms with Gasteiger partial charge in [-0.25, -0.2) is 9.67 Å². The number of carbonyl (C=O) groups excluding carboxylic acids is 2. The molecule has 1 N–H and O–H groups in total. The minimum atomic E-state index is -0.609. The SMILES string of the molecule is C.CCCC(=O)O[C@H](C)Cn1c(C)c(C(=O)Nc2ccc(Oc3ccnc4cc(OC)ccc34)cn2)c(=O)n1-c1ccccc1. The van der Waals surface area contributed by atoms with Crippen molar-refractivity contribution in [3.05, 3.63) is 101 Å².